The number of aldehydes is 3. The molecule has 676 valence electrons. The van der Waals surface area contributed by atoms with Crippen LogP contribution in [0.5, 0.6) is 46.0 Å². The van der Waals surface area contributed by atoms with Crippen molar-refractivity contribution in [3.8, 4) is 103 Å². The average Bonchev–Trinajstić information content (AvgIpc) is 0.784. The lowest BCUT2D eigenvalue weighted by Crippen LogP contribution is -2.25. The number of phenolic OH excluding ortho intramolecular Hbond substituents is 1. The number of aromatic nitrogens is 2. The van der Waals surface area contributed by atoms with Crippen LogP contribution in [0.25, 0.3) is 44.5 Å². The van der Waals surface area contributed by atoms with Crippen LogP contribution >= 0.6 is 55.1 Å². The summed E-state index contributed by atoms with van der Waals surface area (Å²) in [5.41, 5.74) is 14.2. The summed E-state index contributed by atoms with van der Waals surface area (Å²) < 4.78 is 63.4. The van der Waals surface area contributed by atoms with Gasteiger partial charge in [0, 0.05) is 108 Å². The molecule has 131 heavy (non-hydrogen) atoms. The van der Waals surface area contributed by atoms with E-state index in [0.717, 1.165) is 66.8 Å². The van der Waals surface area contributed by atoms with Gasteiger partial charge in [-0.05, 0) is 194 Å². The number of nitro benzene ring substituents is 4. The third-order valence-corrected chi connectivity index (χ3v) is 21.2. The zero-order chi connectivity index (χ0) is 94.8. The Labute approximate surface area is 779 Å². The molecule has 0 aliphatic rings. The molecular weight excluding hydrogens is 1860 g/mol. The summed E-state index contributed by atoms with van der Waals surface area (Å²) in [5.74, 6) is 1.23. The van der Waals surface area contributed by atoms with Crippen molar-refractivity contribution in [2.45, 2.75) is 94.4 Å². The number of nitriles is 2. The maximum absolute atomic E-state index is 12.1. The topological polar surface area (TPSA) is 419 Å². The lowest BCUT2D eigenvalue weighted by atomic mass is 9.89. The van der Waals surface area contributed by atoms with Gasteiger partial charge in [-0.15, -0.1) is 0 Å². The standard InChI is InChI=1S/C41H38ClN3O8.C37H28ClN3O7.C12H16BrNO5.C6H4BrNO3/c1-5-49-41(50-6-2)25-53-38-14-13-30(17-37(38)45(47)48)33-10-8-12-35(27(33)4)34-11-7-9-31(26(34)3)24-52-40-18-39(32(22-46)16-36(40)42)51-23-29-15-28(19-43)20-44-21-29;1-23-28(22-48-37-16-36(29(20-43)14-33(37)38)47-21-26-13-25(17-39)18-40-19-26)5-3-7-31(23)32-8-4-6-30(24(32)2)27-9-10-35(46-12-11-42)34(15-27)41(44)45;1-3-17-12(18-4-2)8-19-11-6-5-9(13)7-10(11)14(15)16;7-4-1-2-6(9)5(3-4)8(10)11/h7-18,20-22,41H,5-6,23-25H2,1-4H3;3-11,13-16,18-20H,12,21-22H2,1-2H3;5-7,12H,3-4,8H2,1-2H3;1-3,9H. The highest BCUT2D eigenvalue weighted by Crippen LogP contribution is 2.43. The van der Waals surface area contributed by atoms with E-state index in [1.165, 1.54) is 73.1 Å². The Morgan fingerprint density at radius 3 is 1.13 bits per heavy atom. The number of pyridine rings is 2. The lowest BCUT2D eigenvalue weighted by Gasteiger charge is -2.18. The Kier molecular flexibility index (Phi) is 38.4. The van der Waals surface area contributed by atoms with Crippen LogP contribution in [-0.2, 0) is 50.2 Å². The predicted molar refractivity (Wildman–Crippen MR) is 496 cm³/mol. The van der Waals surface area contributed by atoms with Gasteiger partial charge in [0.05, 0.1) is 52.0 Å². The SMILES string of the molecule is CCOC(COc1ccc(-c2cccc(-c3cccc(COc4cc(OCc5cncc(C#N)c5)c(C=O)cc4Cl)c3C)c2C)cc1[N+](=O)[O-])OCC.CCOC(COc1ccc(Br)cc1[N+](=O)[O-])OCC.Cc1c(COc2cc(OCc3cncc(C#N)c3)c(C=O)cc2Cl)cccc1-c1cccc(-c2ccc(OCC=O)c([N+](=O)[O-])c2)c1C.O=[N+]([O-])c1cc(Br)ccc1O. The smallest absolute Gasteiger partial charge is 0.312 e. The first-order chi connectivity index (χ1) is 63.1. The summed E-state index contributed by atoms with van der Waals surface area (Å²) in [4.78, 5) is 85.2. The molecule has 12 aromatic rings. The van der Waals surface area contributed by atoms with Crippen molar-refractivity contribution in [3.63, 3.8) is 0 Å². The van der Waals surface area contributed by atoms with Crippen LogP contribution in [0.4, 0.5) is 22.7 Å². The number of aromatic hydroxyl groups is 1. The fourth-order valence-electron chi connectivity index (χ4n) is 13.2. The van der Waals surface area contributed by atoms with Crippen LogP contribution in [-0.4, -0.2) is 112 Å². The number of benzene rings is 10. The molecule has 0 unspecified atom stereocenters. The van der Waals surface area contributed by atoms with Crippen molar-refractivity contribution < 1.29 is 91.3 Å². The van der Waals surface area contributed by atoms with Crippen molar-refractivity contribution in [2.75, 3.05) is 46.2 Å². The summed E-state index contributed by atoms with van der Waals surface area (Å²) in [6, 6.07) is 55.2. The first-order valence-electron chi connectivity index (χ1n) is 40.2. The fourth-order valence-corrected chi connectivity index (χ4v) is 14.3. The van der Waals surface area contributed by atoms with Gasteiger partial charge < -0.3 is 57.2 Å². The molecule has 2 aromatic heterocycles. The molecule has 10 aromatic carbocycles. The minimum Gasteiger partial charge on any atom is -0.502 e. The average molecular weight is 1950 g/mol. The van der Waals surface area contributed by atoms with Gasteiger partial charge in [-0.3, -0.25) is 64.8 Å². The highest BCUT2D eigenvalue weighted by Gasteiger charge is 2.26. The van der Waals surface area contributed by atoms with E-state index in [1.807, 2.05) is 140 Å². The van der Waals surface area contributed by atoms with Gasteiger partial charge in [-0.2, -0.15) is 10.5 Å². The second-order valence-corrected chi connectivity index (χ2v) is 30.6. The summed E-state index contributed by atoms with van der Waals surface area (Å²) in [7, 11) is 0. The van der Waals surface area contributed by atoms with Crippen LogP contribution < -0.4 is 33.2 Å². The second-order valence-electron chi connectivity index (χ2n) is 28.0. The van der Waals surface area contributed by atoms with Crippen LogP contribution in [0.1, 0.15) is 104 Å². The fraction of sp³-hybridized carbons (Fsp3) is 0.219. The molecule has 0 aliphatic carbocycles. The number of rotatable bonds is 39. The van der Waals surface area contributed by atoms with E-state index < -0.39 is 32.3 Å². The molecular formula is C96H86Br2Cl2N8O23. The zero-order valence-corrected chi connectivity index (χ0v) is 76.5. The molecule has 1 N–H and O–H groups in total. The molecule has 0 bridgehead atoms. The molecule has 0 aliphatic heterocycles. The van der Waals surface area contributed by atoms with Crippen molar-refractivity contribution in [2.24, 2.45) is 0 Å². The molecule has 35 heteroatoms. The van der Waals surface area contributed by atoms with Gasteiger partial charge in [0.25, 0.3) is 0 Å². The number of hydrogen-bond donors (Lipinski definition) is 1. The Bertz CT molecular complexity index is 6200. The Hall–Kier alpha value is -14.1. The summed E-state index contributed by atoms with van der Waals surface area (Å²) in [6.45, 7) is 17.4. The molecule has 0 saturated heterocycles. The van der Waals surface area contributed by atoms with Gasteiger partial charge in [-0.25, -0.2) is 0 Å². The van der Waals surface area contributed by atoms with Gasteiger partial charge in [0.15, 0.2) is 54.4 Å². The third-order valence-electron chi connectivity index (χ3n) is 19.6. The van der Waals surface area contributed by atoms with Crippen LogP contribution in [0.15, 0.2) is 216 Å². The van der Waals surface area contributed by atoms with Crippen LogP contribution in [0, 0.1) is 90.8 Å². The largest absolute Gasteiger partial charge is 0.502 e. The van der Waals surface area contributed by atoms with E-state index in [4.69, 9.17) is 85.7 Å². The van der Waals surface area contributed by atoms with Gasteiger partial charge >= 0.3 is 22.7 Å². The molecule has 2 heterocycles. The number of carbonyl (C=O) groups excluding carboxylic acids is 3. The highest BCUT2D eigenvalue weighted by molar-refractivity contribution is 9.10. The maximum Gasteiger partial charge on any atom is 0.312 e. The Balaban J connectivity index is 0.000000225. The first kappa shape index (κ1) is 101. The first-order valence-corrected chi connectivity index (χ1v) is 42.5. The molecule has 31 nitrogen and oxygen atoms in total. The van der Waals surface area contributed by atoms with Crippen molar-refractivity contribution >= 4 is 96.7 Å². The van der Waals surface area contributed by atoms with Gasteiger partial charge in [-0.1, -0.05) is 140 Å². The number of carbonyl (C=O) groups is 3. The lowest BCUT2D eigenvalue weighted by molar-refractivity contribution is -0.386. The number of hydrogen-bond acceptors (Lipinski definition) is 27. The minimum absolute atomic E-state index is 0.0119. The Morgan fingerprint density at radius 1 is 0.405 bits per heavy atom. The van der Waals surface area contributed by atoms with E-state index in [0.29, 0.717) is 99.1 Å². The maximum atomic E-state index is 12.1. The molecule has 0 spiro atoms. The zero-order valence-electron chi connectivity index (χ0n) is 71.8. The molecule has 0 saturated carbocycles. The normalized spacial score (nSPS) is 10.6. The van der Waals surface area contributed by atoms with Gasteiger partial charge in [0.1, 0.15) is 81.4 Å². The summed E-state index contributed by atoms with van der Waals surface area (Å²) >= 11 is 19.2. The van der Waals surface area contributed by atoms with Crippen LogP contribution in [0.3, 0.4) is 0 Å². The number of nitro groups is 4. The third kappa shape index (κ3) is 27.9. The van der Waals surface area contributed by atoms with Gasteiger partial charge in [0.2, 0.25) is 0 Å². The van der Waals surface area contributed by atoms with E-state index in [9.17, 15) is 60.1 Å². The van der Waals surface area contributed by atoms with E-state index in [1.54, 1.807) is 60.9 Å². The number of halogens is 4. The number of nitrogens with zero attached hydrogens (tertiary/aromatic N) is 8. The van der Waals surface area contributed by atoms with Crippen molar-refractivity contribution in [1.82, 2.24) is 9.97 Å². The highest BCUT2D eigenvalue weighted by atomic mass is 79.9. The quantitative estimate of drug-likeness (QED) is 0.0162. The Morgan fingerprint density at radius 2 is 0.756 bits per heavy atom. The number of phenols is 1. The van der Waals surface area contributed by atoms with E-state index in [-0.39, 0.29) is 125 Å². The van der Waals surface area contributed by atoms with E-state index >= 15 is 0 Å². The summed E-state index contributed by atoms with van der Waals surface area (Å²) in [5, 5.41) is 72.7. The van der Waals surface area contributed by atoms with Crippen molar-refractivity contribution in [3.05, 3.63) is 333 Å². The van der Waals surface area contributed by atoms with E-state index in [2.05, 4.69) is 41.8 Å². The molecule has 0 amide bonds. The minimum atomic E-state index is -0.639. The molecule has 12 rings (SSSR count). The second kappa shape index (κ2) is 50.0. The molecule has 0 fully saturated rings. The predicted octanol–water partition coefficient (Wildman–Crippen LogP) is 22.4. The molecule has 0 radical (unpaired) electrons. The summed E-state index contributed by atoms with van der Waals surface area (Å²) in [6.07, 6.45) is 6.74. The van der Waals surface area contributed by atoms with Crippen LogP contribution in [0.2, 0.25) is 10.0 Å². The molecule has 0 atom stereocenters. The number of ether oxygens (including phenoxy) is 11. The monoisotopic (exact) mass is 1950 g/mol. The van der Waals surface area contributed by atoms with Crippen molar-refractivity contribution in [1.29, 1.82) is 10.5 Å².